The minimum atomic E-state index is -4.09. The van der Waals surface area contributed by atoms with Crippen LogP contribution in [0.25, 0.3) is 22.5 Å². The highest BCUT2D eigenvalue weighted by atomic mass is 35.5. The van der Waals surface area contributed by atoms with Gasteiger partial charge in [-0.05, 0) is 64.3 Å². The number of aromatic nitrogens is 1. The van der Waals surface area contributed by atoms with Gasteiger partial charge in [0.25, 0.3) is 10.1 Å². The summed E-state index contributed by atoms with van der Waals surface area (Å²) in [6, 6.07) is 33.8. The molecule has 1 heterocycles. The van der Waals surface area contributed by atoms with Gasteiger partial charge >= 0.3 is 0 Å². The molecule has 1 N–H and O–H groups in total. The molecule has 0 aliphatic carbocycles. The minimum Gasteiger partial charge on any atom is -0.356 e. The van der Waals surface area contributed by atoms with Crippen LogP contribution in [0.15, 0.2) is 108 Å². The van der Waals surface area contributed by atoms with Crippen LogP contribution in [0.3, 0.4) is 0 Å². The largest absolute Gasteiger partial charge is 0.356 e. The van der Waals surface area contributed by atoms with Crippen molar-refractivity contribution in [3.8, 4) is 22.5 Å². The molecule has 0 amide bonds. The zero-order valence-corrected chi connectivity index (χ0v) is 27.1. The number of rotatable bonds is 11. The van der Waals surface area contributed by atoms with Crippen molar-refractivity contribution < 1.29 is 22.3 Å². The third-order valence-electron chi connectivity index (χ3n) is 7.91. The summed E-state index contributed by atoms with van der Waals surface area (Å²) in [6.07, 6.45) is 0.745. The summed E-state index contributed by atoms with van der Waals surface area (Å²) in [6.45, 7) is 6.56. The molecule has 0 unspecified atom stereocenters. The van der Waals surface area contributed by atoms with Crippen molar-refractivity contribution >= 4 is 27.5 Å². The van der Waals surface area contributed by atoms with E-state index in [4.69, 9.17) is 20.7 Å². The van der Waals surface area contributed by atoms with Gasteiger partial charge in [0.15, 0.2) is 11.5 Å². The van der Waals surface area contributed by atoms with Gasteiger partial charge in [0.05, 0.1) is 11.4 Å². The van der Waals surface area contributed by atoms with Gasteiger partial charge in [-0.2, -0.15) is 8.42 Å². The van der Waals surface area contributed by atoms with Gasteiger partial charge in [-0.3, -0.25) is 9.35 Å². The zero-order valence-electron chi connectivity index (χ0n) is 25.5. The van der Waals surface area contributed by atoms with E-state index in [1.165, 1.54) is 5.56 Å². The van der Waals surface area contributed by atoms with Crippen LogP contribution < -0.4 is 0 Å². The maximum atomic E-state index is 12.6. The maximum Gasteiger partial charge on any atom is 0.264 e. The second-order valence-corrected chi connectivity index (χ2v) is 14.4. The first-order valence-corrected chi connectivity index (χ1v) is 16.9. The van der Waals surface area contributed by atoms with Crippen molar-refractivity contribution in [1.82, 2.24) is 5.16 Å². The van der Waals surface area contributed by atoms with Crippen LogP contribution in [-0.4, -0.2) is 29.7 Å². The van der Waals surface area contributed by atoms with Crippen LogP contribution in [0.4, 0.5) is 0 Å². The minimum absolute atomic E-state index is 0.0217. The van der Waals surface area contributed by atoms with Crippen molar-refractivity contribution in [1.29, 1.82) is 0 Å². The van der Waals surface area contributed by atoms with Crippen molar-refractivity contribution in [2.75, 3.05) is 5.75 Å². The summed E-state index contributed by atoms with van der Waals surface area (Å²) in [4.78, 5) is 12.6. The van der Waals surface area contributed by atoms with Gasteiger partial charge in [0.2, 0.25) is 0 Å². The number of ketones is 1. The Morgan fingerprint density at radius 1 is 0.867 bits per heavy atom. The van der Waals surface area contributed by atoms with E-state index < -0.39 is 15.9 Å². The number of halogens is 1. The number of hydrogen-bond donors (Lipinski definition) is 1. The Labute approximate surface area is 269 Å². The van der Waals surface area contributed by atoms with Gasteiger partial charge in [-0.25, -0.2) is 0 Å². The summed E-state index contributed by atoms with van der Waals surface area (Å²) < 4.78 is 36.8. The number of hydrogen-bond acceptors (Lipinski definition) is 5. The molecule has 5 aromatic rings. The lowest BCUT2D eigenvalue weighted by Crippen LogP contribution is -2.12. The third kappa shape index (κ3) is 8.57. The van der Waals surface area contributed by atoms with Gasteiger partial charge in [-0.15, -0.1) is 0 Å². The SMILES string of the molecule is CC(C)(C)c1ccc([C@@H](Cc2ccc(C(=O)CCCS(=O)(=O)O)cc2)c2cc(-c3cccc(-c4ccc(Cl)cc4)c3)on2)cc1. The van der Waals surface area contributed by atoms with E-state index in [0.29, 0.717) is 22.8 Å². The number of nitrogens with zero attached hydrogens (tertiary/aromatic N) is 1. The van der Waals surface area contributed by atoms with E-state index in [-0.39, 0.29) is 30.0 Å². The van der Waals surface area contributed by atoms with Crippen LogP contribution in [-0.2, 0) is 22.0 Å². The fourth-order valence-electron chi connectivity index (χ4n) is 5.31. The summed E-state index contributed by atoms with van der Waals surface area (Å²) in [7, 11) is -4.09. The fraction of sp³-hybridized carbons (Fsp3) is 0.243. The second-order valence-electron chi connectivity index (χ2n) is 12.3. The molecule has 0 spiro atoms. The number of carbonyl (C=O) groups is 1. The van der Waals surface area contributed by atoms with Crippen LogP contribution in [0, 0.1) is 0 Å². The molecule has 1 aromatic heterocycles. The van der Waals surface area contributed by atoms with Gasteiger partial charge in [-0.1, -0.05) is 116 Å². The van der Waals surface area contributed by atoms with E-state index >= 15 is 0 Å². The van der Waals surface area contributed by atoms with Crippen LogP contribution >= 0.6 is 11.6 Å². The van der Waals surface area contributed by atoms with Crippen LogP contribution in [0.2, 0.25) is 5.02 Å². The van der Waals surface area contributed by atoms with E-state index in [1.54, 1.807) is 12.1 Å². The molecule has 1 atom stereocenters. The topological polar surface area (TPSA) is 97.5 Å². The van der Waals surface area contributed by atoms with Gasteiger partial charge in [0, 0.05) is 34.6 Å². The Morgan fingerprint density at radius 3 is 2.18 bits per heavy atom. The smallest absolute Gasteiger partial charge is 0.264 e. The Bertz CT molecular complexity index is 1870. The highest BCUT2D eigenvalue weighted by molar-refractivity contribution is 7.85. The molecule has 8 heteroatoms. The van der Waals surface area contributed by atoms with E-state index in [0.717, 1.165) is 33.5 Å². The summed E-state index contributed by atoms with van der Waals surface area (Å²) in [5, 5.41) is 5.22. The van der Waals surface area contributed by atoms with E-state index in [2.05, 4.69) is 56.3 Å². The molecule has 0 fully saturated rings. The van der Waals surface area contributed by atoms with Crippen molar-refractivity contribution in [3.63, 3.8) is 0 Å². The van der Waals surface area contributed by atoms with Crippen molar-refractivity contribution in [2.24, 2.45) is 0 Å². The molecule has 45 heavy (non-hydrogen) atoms. The molecule has 0 bridgehead atoms. The summed E-state index contributed by atoms with van der Waals surface area (Å²) >= 11 is 6.09. The van der Waals surface area contributed by atoms with E-state index in [1.807, 2.05) is 60.7 Å². The number of carbonyl (C=O) groups excluding carboxylic acids is 1. The zero-order chi connectivity index (χ0) is 32.2. The van der Waals surface area contributed by atoms with Crippen molar-refractivity contribution in [2.45, 2.75) is 51.4 Å². The average Bonchev–Trinajstić information content (AvgIpc) is 3.50. The standard InChI is InChI=1S/C37H36ClNO5S/c1-37(2,3)31-17-13-27(14-18-31)33(22-25-9-11-28(12-10-25)35(40)8-5-21-45(41,42)43)34-24-36(44-39-34)30-7-4-6-29(23-30)26-15-19-32(38)20-16-26/h4,6-7,9-20,23-24,33H,5,8,21-22H2,1-3H3,(H,41,42,43)/t33-/m1/s1. The monoisotopic (exact) mass is 641 g/mol. The van der Waals surface area contributed by atoms with Gasteiger partial charge < -0.3 is 4.52 Å². The molecule has 0 radical (unpaired) electrons. The molecule has 232 valence electrons. The quantitative estimate of drug-likeness (QED) is 0.114. The number of benzene rings is 4. The normalized spacial score (nSPS) is 12.6. The molecule has 0 aliphatic rings. The molecule has 6 nitrogen and oxygen atoms in total. The molecule has 4 aromatic carbocycles. The molecule has 0 saturated heterocycles. The molecular formula is C37H36ClNO5S. The van der Waals surface area contributed by atoms with Gasteiger partial charge in [0.1, 0.15) is 0 Å². The third-order valence-corrected chi connectivity index (χ3v) is 8.97. The maximum absolute atomic E-state index is 12.6. The first kappa shape index (κ1) is 32.4. The van der Waals surface area contributed by atoms with Crippen molar-refractivity contribution in [3.05, 3.63) is 136 Å². The lowest BCUT2D eigenvalue weighted by atomic mass is 9.83. The highest BCUT2D eigenvalue weighted by Gasteiger charge is 2.22. The second kappa shape index (κ2) is 13.5. The average molecular weight is 642 g/mol. The predicted molar refractivity (Wildman–Crippen MR) is 179 cm³/mol. The summed E-state index contributed by atoms with van der Waals surface area (Å²) in [5.74, 6) is -0.0332. The first-order chi connectivity index (χ1) is 21.4. The molecule has 0 saturated carbocycles. The Morgan fingerprint density at radius 2 is 1.53 bits per heavy atom. The Balaban J connectivity index is 1.41. The summed E-state index contributed by atoms with van der Waals surface area (Å²) in [5.41, 5.74) is 7.70. The Hall–Kier alpha value is -4.04. The lowest BCUT2D eigenvalue weighted by Gasteiger charge is -2.21. The van der Waals surface area contributed by atoms with Crippen LogP contribution in [0.1, 0.15) is 72.3 Å². The molecule has 5 rings (SSSR count). The lowest BCUT2D eigenvalue weighted by molar-refractivity contribution is 0.0982. The molecular weight excluding hydrogens is 606 g/mol. The predicted octanol–water partition coefficient (Wildman–Crippen LogP) is 9.18. The molecule has 0 aliphatic heterocycles. The van der Waals surface area contributed by atoms with Crippen LogP contribution in [0.5, 0.6) is 0 Å². The number of Topliss-reactive ketones (excluding diaryl/α,β-unsaturated/α-hetero) is 1. The fourth-order valence-corrected chi connectivity index (χ4v) is 5.95. The highest BCUT2D eigenvalue weighted by Crippen LogP contribution is 2.34. The Kier molecular flexibility index (Phi) is 9.73. The van der Waals surface area contributed by atoms with E-state index in [9.17, 15) is 13.2 Å². The first-order valence-electron chi connectivity index (χ1n) is 14.9.